The molecule has 0 aromatic heterocycles. The topological polar surface area (TPSA) is 66.5 Å². The van der Waals surface area contributed by atoms with Crippen molar-refractivity contribution < 1.29 is 13.2 Å². The van der Waals surface area contributed by atoms with Gasteiger partial charge in [-0.25, -0.2) is 8.42 Å². The van der Waals surface area contributed by atoms with Crippen LogP contribution in [-0.2, 0) is 20.6 Å². The average molecular weight is 433 g/mol. The number of carbonyl (C=O) groups is 1. The molecular formula is C22H28N2O3S2. The fourth-order valence-corrected chi connectivity index (χ4v) is 5.66. The van der Waals surface area contributed by atoms with Crippen LogP contribution in [0.5, 0.6) is 0 Å². The zero-order valence-corrected chi connectivity index (χ0v) is 18.3. The van der Waals surface area contributed by atoms with Crippen molar-refractivity contribution in [1.82, 2.24) is 9.62 Å². The number of sulfonamides is 1. The number of hydrogen-bond donors (Lipinski definition) is 1. The number of amides is 1. The molecule has 1 N–H and O–H groups in total. The molecule has 0 spiro atoms. The Hall–Kier alpha value is -1.83. The molecule has 0 saturated carbocycles. The summed E-state index contributed by atoms with van der Waals surface area (Å²) in [5.74, 6) is 1.73. The van der Waals surface area contributed by atoms with Gasteiger partial charge >= 0.3 is 0 Å². The molecule has 29 heavy (non-hydrogen) atoms. The van der Waals surface area contributed by atoms with Crippen LogP contribution in [0.25, 0.3) is 0 Å². The largest absolute Gasteiger partial charge is 0.355 e. The summed E-state index contributed by atoms with van der Waals surface area (Å²) in [7, 11) is -3.48. The van der Waals surface area contributed by atoms with Crippen LogP contribution < -0.4 is 5.32 Å². The molecule has 0 bridgehead atoms. The van der Waals surface area contributed by atoms with Crippen LogP contribution in [0.4, 0.5) is 0 Å². The third-order valence-electron chi connectivity index (χ3n) is 5.14. The minimum atomic E-state index is -3.48. The van der Waals surface area contributed by atoms with Crippen LogP contribution in [0.1, 0.15) is 24.0 Å². The lowest BCUT2D eigenvalue weighted by molar-refractivity contribution is -0.125. The maximum absolute atomic E-state index is 12.8. The predicted molar refractivity (Wildman–Crippen MR) is 118 cm³/mol. The fraction of sp³-hybridized carbons (Fsp3) is 0.409. The van der Waals surface area contributed by atoms with Crippen LogP contribution in [0, 0.1) is 12.8 Å². The minimum absolute atomic E-state index is 0.0395. The standard InChI is InChI=1S/C22H28N2O3S2/c1-18-7-9-21(10-8-18)29(26,27)24-14-11-20(12-15-24)22(25)23-13-16-28-17-19-5-3-2-4-6-19/h2-10,20H,11-17H2,1H3,(H,23,25). The molecule has 2 aromatic rings. The van der Waals surface area contributed by atoms with Crippen molar-refractivity contribution in [2.45, 2.75) is 30.4 Å². The van der Waals surface area contributed by atoms with E-state index in [1.165, 1.54) is 9.87 Å². The molecule has 1 heterocycles. The maximum atomic E-state index is 12.8. The molecule has 0 radical (unpaired) electrons. The number of rotatable bonds is 8. The molecule has 1 amide bonds. The summed E-state index contributed by atoms with van der Waals surface area (Å²) >= 11 is 1.80. The Morgan fingerprint density at radius 1 is 1.07 bits per heavy atom. The van der Waals surface area contributed by atoms with E-state index < -0.39 is 10.0 Å². The van der Waals surface area contributed by atoms with Crippen LogP contribution in [0.2, 0.25) is 0 Å². The summed E-state index contributed by atoms with van der Waals surface area (Å²) in [5, 5.41) is 3.00. The van der Waals surface area contributed by atoms with Crippen molar-refractivity contribution >= 4 is 27.7 Å². The van der Waals surface area contributed by atoms with Gasteiger partial charge in [-0.1, -0.05) is 48.0 Å². The Bertz CT molecular complexity index is 891. The van der Waals surface area contributed by atoms with E-state index in [2.05, 4.69) is 17.4 Å². The normalized spacial score (nSPS) is 15.9. The van der Waals surface area contributed by atoms with Gasteiger partial charge in [-0.2, -0.15) is 16.1 Å². The van der Waals surface area contributed by atoms with E-state index in [1.807, 2.05) is 37.3 Å². The van der Waals surface area contributed by atoms with Crippen LogP contribution in [-0.4, -0.2) is 44.0 Å². The van der Waals surface area contributed by atoms with Gasteiger partial charge in [0, 0.05) is 37.1 Å². The number of carbonyl (C=O) groups excluding carboxylic acids is 1. The number of nitrogens with zero attached hydrogens (tertiary/aromatic N) is 1. The molecule has 1 saturated heterocycles. The van der Waals surface area contributed by atoms with Gasteiger partial charge in [-0.3, -0.25) is 4.79 Å². The molecule has 0 unspecified atom stereocenters. The fourth-order valence-electron chi connectivity index (χ4n) is 3.37. The highest BCUT2D eigenvalue weighted by Crippen LogP contribution is 2.24. The third-order valence-corrected chi connectivity index (χ3v) is 8.08. The first-order valence-corrected chi connectivity index (χ1v) is 12.5. The average Bonchev–Trinajstić information content (AvgIpc) is 2.74. The van der Waals surface area contributed by atoms with Crippen molar-refractivity contribution in [3.05, 3.63) is 65.7 Å². The zero-order valence-electron chi connectivity index (χ0n) is 16.7. The molecule has 5 nitrogen and oxygen atoms in total. The van der Waals surface area contributed by atoms with E-state index >= 15 is 0 Å². The monoisotopic (exact) mass is 432 g/mol. The zero-order chi connectivity index (χ0) is 20.7. The van der Waals surface area contributed by atoms with Gasteiger partial charge in [-0.15, -0.1) is 0 Å². The number of nitrogens with one attached hydrogen (secondary N) is 1. The third kappa shape index (κ3) is 6.07. The predicted octanol–water partition coefficient (Wildman–Crippen LogP) is 3.45. The molecule has 1 aliphatic rings. The van der Waals surface area contributed by atoms with E-state index in [0.29, 0.717) is 37.4 Å². The second kappa shape index (κ2) is 10.3. The van der Waals surface area contributed by atoms with Gasteiger partial charge in [0.05, 0.1) is 4.90 Å². The molecule has 2 aromatic carbocycles. The number of piperidine rings is 1. The van der Waals surface area contributed by atoms with Crippen molar-refractivity contribution in [2.24, 2.45) is 5.92 Å². The lowest BCUT2D eigenvalue weighted by Crippen LogP contribution is -2.43. The van der Waals surface area contributed by atoms with Crippen molar-refractivity contribution in [3.63, 3.8) is 0 Å². The smallest absolute Gasteiger partial charge is 0.243 e. The van der Waals surface area contributed by atoms with E-state index in [1.54, 1.807) is 23.9 Å². The number of thioether (sulfide) groups is 1. The Balaban J connectivity index is 1.39. The van der Waals surface area contributed by atoms with Crippen molar-refractivity contribution in [3.8, 4) is 0 Å². The number of benzene rings is 2. The molecule has 0 atom stereocenters. The SMILES string of the molecule is Cc1ccc(S(=O)(=O)N2CCC(C(=O)NCCSCc3ccccc3)CC2)cc1. The second-order valence-electron chi connectivity index (χ2n) is 7.32. The Kier molecular flexibility index (Phi) is 7.75. The van der Waals surface area contributed by atoms with E-state index in [0.717, 1.165) is 17.1 Å². The van der Waals surface area contributed by atoms with Crippen molar-refractivity contribution in [1.29, 1.82) is 0 Å². The van der Waals surface area contributed by atoms with Crippen LogP contribution in [0.3, 0.4) is 0 Å². The molecule has 1 fully saturated rings. The molecular weight excluding hydrogens is 404 g/mol. The van der Waals surface area contributed by atoms with Gasteiger partial charge in [0.2, 0.25) is 15.9 Å². The molecule has 1 aliphatic heterocycles. The summed E-state index contributed by atoms with van der Waals surface area (Å²) in [6.45, 7) is 3.34. The van der Waals surface area contributed by atoms with Gasteiger partial charge in [0.1, 0.15) is 0 Å². The minimum Gasteiger partial charge on any atom is -0.355 e. The van der Waals surface area contributed by atoms with Gasteiger partial charge in [0.25, 0.3) is 0 Å². The van der Waals surface area contributed by atoms with E-state index in [-0.39, 0.29) is 11.8 Å². The summed E-state index contributed by atoms with van der Waals surface area (Å²) in [6.07, 6.45) is 1.13. The van der Waals surface area contributed by atoms with Crippen molar-refractivity contribution in [2.75, 3.05) is 25.4 Å². The molecule has 156 valence electrons. The Morgan fingerprint density at radius 3 is 2.38 bits per heavy atom. The highest BCUT2D eigenvalue weighted by atomic mass is 32.2. The number of aryl methyl sites for hydroxylation is 1. The van der Waals surface area contributed by atoms with Crippen LogP contribution in [0.15, 0.2) is 59.5 Å². The summed E-state index contributed by atoms with van der Waals surface area (Å²) in [5.41, 5.74) is 2.31. The quantitative estimate of drug-likeness (QED) is 0.649. The highest BCUT2D eigenvalue weighted by Gasteiger charge is 2.31. The van der Waals surface area contributed by atoms with E-state index in [4.69, 9.17) is 0 Å². The van der Waals surface area contributed by atoms with Crippen LogP contribution >= 0.6 is 11.8 Å². The van der Waals surface area contributed by atoms with Gasteiger partial charge < -0.3 is 5.32 Å². The van der Waals surface area contributed by atoms with Gasteiger partial charge in [0.15, 0.2) is 0 Å². The summed E-state index contributed by atoms with van der Waals surface area (Å²) in [4.78, 5) is 12.7. The Morgan fingerprint density at radius 2 is 1.72 bits per heavy atom. The molecule has 3 rings (SSSR count). The first-order chi connectivity index (χ1) is 14.0. The maximum Gasteiger partial charge on any atom is 0.243 e. The van der Waals surface area contributed by atoms with E-state index in [9.17, 15) is 13.2 Å². The highest BCUT2D eigenvalue weighted by molar-refractivity contribution is 7.98. The first-order valence-electron chi connectivity index (χ1n) is 9.93. The lowest BCUT2D eigenvalue weighted by atomic mass is 9.97. The molecule has 7 heteroatoms. The lowest BCUT2D eigenvalue weighted by Gasteiger charge is -2.30. The summed E-state index contributed by atoms with van der Waals surface area (Å²) < 4.78 is 27.0. The summed E-state index contributed by atoms with van der Waals surface area (Å²) in [6, 6.07) is 17.2. The second-order valence-corrected chi connectivity index (χ2v) is 10.4. The first kappa shape index (κ1) is 21.9. The number of hydrogen-bond acceptors (Lipinski definition) is 4. The molecule has 0 aliphatic carbocycles. The Labute approximate surface area is 177 Å². The van der Waals surface area contributed by atoms with Gasteiger partial charge in [-0.05, 0) is 37.5 Å².